The van der Waals surface area contributed by atoms with Crippen molar-refractivity contribution in [3.8, 4) is 0 Å². The summed E-state index contributed by atoms with van der Waals surface area (Å²) in [4.78, 5) is 0. The van der Waals surface area contributed by atoms with Crippen LogP contribution in [-0.2, 0) is 6.42 Å². The van der Waals surface area contributed by atoms with Crippen LogP contribution in [0.15, 0.2) is 12.3 Å². The molecule has 0 N–H and O–H groups in total. The van der Waals surface area contributed by atoms with Crippen molar-refractivity contribution in [1.29, 1.82) is 0 Å². The predicted octanol–water partition coefficient (Wildman–Crippen LogP) is 3.66. The fourth-order valence-electron chi connectivity index (χ4n) is 1.76. The molecule has 86 valence electrons. The van der Waals surface area contributed by atoms with Gasteiger partial charge in [-0.1, -0.05) is 20.8 Å². The van der Waals surface area contributed by atoms with Crippen molar-refractivity contribution in [3.63, 3.8) is 0 Å². The summed E-state index contributed by atoms with van der Waals surface area (Å²) in [5, 5.41) is 4.60. The van der Waals surface area contributed by atoms with Crippen LogP contribution >= 0.6 is 11.6 Å². The van der Waals surface area contributed by atoms with Gasteiger partial charge >= 0.3 is 0 Å². The van der Waals surface area contributed by atoms with Crippen LogP contribution in [0.1, 0.15) is 45.3 Å². The lowest BCUT2D eigenvalue weighted by molar-refractivity contribution is 0.423. The molecule has 0 fully saturated rings. The Morgan fingerprint density at radius 3 is 2.60 bits per heavy atom. The van der Waals surface area contributed by atoms with Crippen LogP contribution in [-0.4, -0.2) is 15.7 Å². The Bertz CT molecular complexity index is 279. The highest BCUT2D eigenvalue weighted by molar-refractivity contribution is 6.18. The lowest BCUT2D eigenvalue weighted by atomic mass is 10.1. The Labute approximate surface area is 97.6 Å². The molecule has 1 aromatic heterocycles. The number of rotatable bonds is 6. The Kier molecular flexibility index (Phi) is 5.16. The van der Waals surface area contributed by atoms with E-state index in [1.54, 1.807) is 0 Å². The van der Waals surface area contributed by atoms with E-state index >= 15 is 0 Å². The maximum Gasteiger partial charge on any atom is 0.0627 e. The molecule has 0 radical (unpaired) electrons. The van der Waals surface area contributed by atoms with Gasteiger partial charge in [-0.05, 0) is 31.2 Å². The molecule has 0 aliphatic heterocycles. The highest BCUT2D eigenvalue weighted by atomic mass is 35.5. The second-order valence-electron chi connectivity index (χ2n) is 4.22. The highest BCUT2D eigenvalue weighted by Gasteiger charge is 2.09. The van der Waals surface area contributed by atoms with E-state index in [4.69, 9.17) is 11.6 Å². The molecule has 1 atom stereocenters. The quantitative estimate of drug-likeness (QED) is 0.680. The van der Waals surface area contributed by atoms with Crippen LogP contribution in [0.3, 0.4) is 0 Å². The smallest absolute Gasteiger partial charge is 0.0627 e. The second kappa shape index (κ2) is 6.16. The third-order valence-corrected chi connectivity index (χ3v) is 3.33. The van der Waals surface area contributed by atoms with Crippen molar-refractivity contribution in [1.82, 2.24) is 9.78 Å². The minimum Gasteiger partial charge on any atom is -0.269 e. The number of aromatic nitrogens is 2. The summed E-state index contributed by atoms with van der Waals surface area (Å²) in [7, 11) is 0. The fraction of sp³-hybridized carbons (Fsp3) is 0.750. The maximum atomic E-state index is 5.79. The number of alkyl halides is 1. The molecular weight excluding hydrogens is 208 g/mol. The number of hydrogen-bond acceptors (Lipinski definition) is 1. The molecule has 1 rings (SSSR count). The van der Waals surface area contributed by atoms with Crippen LogP contribution in [0.5, 0.6) is 0 Å². The molecule has 0 spiro atoms. The summed E-state index contributed by atoms with van der Waals surface area (Å²) in [6.07, 6.45) is 5.36. The van der Waals surface area contributed by atoms with E-state index in [2.05, 4.69) is 42.8 Å². The van der Waals surface area contributed by atoms with Crippen molar-refractivity contribution < 1.29 is 0 Å². The Morgan fingerprint density at radius 1 is 1.40 bits per heavy atom. The first kappa shape index (κ1) is 12.6. The summed E-state index contributed by atoms with van der Waals surface area (Å²) in [6.45, 7) is 6.57. The van der Waals surface area contributed by atoms with Gasteiger partial charge in [0.25, 0.3) is 0 Å². The molecule has 3 heteroatoms. The van der Waals surface area contributed by atoms with Gasteiger partial charge in [0.2, 0.25) is 0 Å². The van der Waals surface area contributed by atoms with Crippen LogP contribution < -0.4 is 0 Å². The minimum atomic E-state index is 0.511. The SMILES string of the molecule is CCC(CC)n1ccc(CC(C)CCl)n1. The van der Waals surface area contributed by atoms with E-state index in [0.29, 0.717) is 17.8 Å². The molecule has 1 unspecified atom stereocenters. The molecule has 15 heavy (non-hydrogen) atoms. The molecule has 0 bridgehead atoms. The zero-order valence-electron chi connectivity index (χ0n) is 9.91. The third-order valence-electron chi connectivity index (χ3n) is 2.80. The zero-order chi connectivity index (χ0) is 11.3. The summed E-state index contributed by atoms with van der Waals surface area (Å²) < 4.78 is 2.09. The van der Waals surface area contributed by atoms with E-state index in [0.717, 1.165) is 25.0 Å². The van der Waals surface area contributed by atoms with Crippen molar-refractivity contribution in [2.24, 2.45) is 5.92 Å². The van der Waals surface area contributed by atoms with Gasteiger partial charge < -0.3 is 0 Å². The Morgan fingerprint density at radius 2 is 2.07 bits per heavy atom. The Hall–Kier alpha value is -0.500. The molecule has 0 aliphatic rings. The maximum absolute atomic E-state index is 5.79. The van der Waals surface area contributed by atoms with Crippen molar-refractivity contribution in [2.45, 2.75) is 46.1 Å². The lowest BCUT2D eigenvalue weighted by Crippen LogP contribution is -2.09. The summed E-state index contributed by atoms with van der Waals surface area (Å²) in [6, 6.07) is 2.66. The second-order valence-corrected chi connectivity index (χ2v) is 4.53. The minimum absolute atomic E-state index is 0.511. The molecule has 0 saturated heterocycles. The van der Waals surface area contributed by atoms with Crippen LogP contribution in [0, 0.1) is 5.92 Å². The van der Waals surface area contributed by atoms with E-state index in [9.17, 15) is 0 Å². The number of halogens is 1. The summed E-state index contributed by atoms with van der Waals surface area (Å²) >= 11 is 5.79. The van der Waals surface area contributed by atoms with E-state index < -0.39 is 0 Å². The predicted molar refractivity (Wildman–Crippen MR) is 65.4 cm³/mol. The normalized spacial score (nSPS) is 13.4. The van der Waals surface area contributed by atoms with Crippen LogP contribution in [0.4, 0.5) is 0 Å². The van der Waals surface area contributed by atoms with Crippen molar-refractivity contribution in [2.75, 3.05) is 5.88 Å². The van der Waals surface area contributed by atoms with Crippen LogP contribution in [0.25, 0.3) is 0 Å². The first-order chi connectivity index (χ1) is 7.21. The first-order valence-electron chi connectivity index (χ1n) is 5.81. The number of nitrogens with zero attached hydrogens (tertiary/aromatic N) is 2. The van der Waals surface area contributed by atoms with Gasteiger partial charge in [-0.25, -0.2) is 0 Å². The lowest BCUT2D eigenvalue weighted by Gasteiger charge is -2.12. The first-order valence-corrected chi connectivity index (χ1v) is 6.34. The van der Waals surface area contributed by atoms with E-state index in [1.165, 1.54) is 0 Å². The third kappa shape index (κ3) is 3.53. The van der Waals surface area contributed by atoms with E-state index in [-0.39, 0.29) is 0 Å². The average Bonchev–Trinajstić information content (AvgIpc) is 2.68. The van der Waals surface area contributed by atoms with Crippen LogP contribution in [0.2, 0.25) is 0 Å². The van der Waals surface area contributed by atoms with Gasteiger partial charge in [0, 0.05) is 12.1 Å². The van der Waals surface area contributed by atoms with Crippen molar-refractivity contribution in [3.05, 3.63) is 18.0 Å². The molecule has 0 saturated carbocycles. The van der Waals surface area contributed by atoms with Gasteiger partial charge in [-0.2, -0.15) is 5.10 Å². The molecule has 0 amide bonds. The largest absolute Gasteiger partial charge is 0.269 e. The van der Waals surface area contributed by atoms with Gasteiger partial charge in [0.15, 0.2) is 0 Å². The average molecular weight is 229 g/mol. The molecule has 0 aromatic carbocycles. The molecule has 1 aromatic rings. The standard InChI is InChI=1S/C12H21ClN2/c1-4-12(5-2)15-7-6-11(14-15)8-10(3)9-13/h6-7,10,12H,4-5,8-9H2,1-3H3. The van der Waals surface area contributed by atoms with Gasteiger partial charge in [-0.15, -0.1) is 11.6 Å². The fourth-order valence-corrected chi connectivity index (χ4v) is 1.87. The van der Waals surface area contributed by atoms with Gasteiger partial charge in [0.1, 0.15) is 0 Å². The number of hydrogen-bond donors (Lipinski definition) is 0. The van der Waals surface area contributed by atoms with Gasteiger partial charge in [-0.3, -0.25) is 4.68 Å². The van der Waals surface area contributed by atoms with E-state index in [1.807, 2.05) is 0 Å². The highest BCUT2D eigenvalue weighted by Crippen LogP contribution is 2.16. The monoisotopic (exact) mass is 228 g/mol. The summed E-state index contributed by atoms with van der Waals surface area (Å²) in [5.74, 6) is 1.22. The molecule has 1 heterocycles. The zero-order valence-corrected chi connectivity index (χ0v) is 10.7. The molecule has 2 nitrogen and oxygen atoms in total. The molecular formula is C12H21ClN2. The molecule has 0 aliphatic carbocycles. The Balaban J connectivity index is 2.63. The topological polar surface area (TPSA) is 17.8 Å². The van der Waals surface area contributed by atoms with Gasteiger partial charge in [0.05, 0.1) is 11.7 Å². The summed E-state index contributed by atoms with van der Waals surface area (Å²) in [5.41, 5.74) is 1.16. The van der Waals surface area contributed by atoms with Crippen molar-refractivity contribution >= 4 is 11.6 Å².